The molecular weight excluding hydrogens is 240 g/mol. The number of nitrogens with zero attached hydrogens (tertiary/aromatic N) is 1. The van der Waals surface area contributed by atoms with E-state index in [2.05, 4.69) is 19.2 Å². The molecule has 0 bridgehead atoms. The summed E-state index contributed by atoms with van der Waals surface area (Å²) in [5.41, 5.74) is 0.600. The molecule has 4 heteroatoms. The van der Waals surface area contributed by atoms with E-state index in [1.165, 1.54) is 0 Å². The Morgan fingerprint density at radius 1 is 1.26 bits per heavy atom. The summed E-state index contributed by atoms with van der Waals surface area (Å²) in [6, 6.07) is 9.37. The van der Waals surface area contributed by atoms with E-state index in [4.69, 9.17) is 10.00 Å². The van der Waals surface area contributed by atoms with Gasteiger partial charge < -0.3 is 15.2 Å². The minimum Gasteiger partial charge on any atom is -0.491 e. The van der Waals surface area contributed by atoms with Crippen molar-refractivity contribution in [2.24, 2.45) is 0 Å². The molecule has 0 saturated heterocycles. The molecule has 0 radical (unpaired) electrons. The van der Waals surface area contributed by atoms with Crippen molar-refractivity contribution in [3.63, 3.8) is 0 Å². The molecule has 0 saturated carbocycles. The molecule has 0 amide bonds. The molecule has 1 unspecified atom stereocenters. The van der Waals surface area contributed by atoms with Crippen molar-refractivity contribution in [1.29, 1.82) is 5.26 Å². The van der Waals surface area contributed by atoms with Crippen LogP contribution in [0.3, 0.4) is 0 Å². The molecule has 104 valence electrons. The summed E-state index contributed by atoms with van der Waals surface area (Å²) in [5, 5.41) is 21.8. The molecule has 0 aliphatic carbocycles. The van der Waals surface area contributed by atoms with E-state index >= 15 is 0 Å². The Balaban J connectivity index is 2.29. The van der Waals surface area contributed by atoms with Gasteiger partial charge in [0.25, 0.3) is 0 Å². The average molecular weight is 262 g/mol. The maximum Gasteiger partial charge on any atom is 0.119 e. The van der Waals surface area contributed by atoms with Gasteiger partial charge in [-0.1, -0.05) is 13.8 Å². The van der Waals surface area contributed by atoms with E-state index in [9.17, 15) is 5.11 Å². The van der Waals surface area contributed by atoms with Gasteiger partial charge in [0.05, 0.1) is 11.6 Å². The largest absolute Gasteiger partial charge is 0.491 e. The van der Waals surface area contributed by atoms with Crippen LogP contribution in [-0.2, 0) is 0 Å². The highest BCUT2D eigenvalue weighted by atomic mass is 16.5. The first-order valence-corrected chi connectivity index (χ1v) is 6.74. The number of hydrogen-bond acceptors (Lipinski definition) is 4. The third-order valence-electron chi connectivity index (χ3n) is 3.05. The molecule has 1 aromatic rings. The van der Waals surface area contributed by atoms with Gasteiger partial charge in [-0.15, -0.1) is 0 Å². The number of ether oxygens (including phenoxy) is 1. The standard InChI is InChI=1S/C15H22N2O2/c1-3-13(4-2)17-10-14(18)11-19-15-7-5-12(9-16)6-8-15/h5-8,13-14,17-18H,3-4,10-11H2,1-2H3. The molecule has 0 aromatic heterocycles. The Hall–Kier alpha value is -1.57. The van der Waals surface area contributed by atoms with Gasteiger partial charge in [0.15, 0.2) is 0 Å². The molecule has 4 nitrogen and oxygen atoms in total. The zero-order valence-corrected chi connectivity index (χ0v) is 11.6. The minimum atomic E-state index is -0.531. The van der Waals surface area contributed by atoms with Crippen LogP contribution in [0.1, 0.15) is 32.3 Å². The summed E-state index contributed by atoms with van der Waals surface area (Å²) < 4.78 is 5.47. The van der Waals surface area contributed by atoms with Gasteiger partial charge in [0, 0.05) is 12.6 Å². The molecule has 0 heterocycles. The lowest BCUT2D eigenvalue weighted by atomic mass is 10.1. The van der Waals surface area contributed by atoms with Gasteiger partial charge in [-0.3, -0.25) is 0 Å². The molecule has 0 fully saturated rings. The van der Waals surface area contributed by atoms with Gasteiger partial charge in [-0.05, 0) is 37.1 Å². The number of hydrogen-bond donors (Lipinski definition) is 2. The molecule has 2 N–H and O–H groups in total. The highest BCUT2D eigenvalue weighted by molar-refractivity contribution is 5.34. The van der Waals surface area contributed by atoms with Crippen LogP contribution in [0.5, 0.6) is 5.75 Å². The summed E-state index contributed by atoms with van der Waals surface area (Å²) in [6.45, 7) is 5.03. The minimum absolute atomic E-state index is 0.249. The van der Waals surface area contributed by atoms with Gasteiger partial charge in [0.2, 0.25) is 0 Å². The van der Waals surface area contributed by atoms with Crippen LogP contribution >= 0.6 is 0 Å². The maximum atomic E-state index is 9.81. The van der Waals surface area contributed by atoms with E-state index < -0.39 is 6.10 Å². The van der Waals surface area contributed by atoms with Gasteiger partial charge >= 0.3 is 0 Å². The first-order valence-electron chi connectivity index (χ1n) is 6.74. The lowest BCUT2D eigenvalue weighted by Gasteiger charge is -2.18. The van der Waals surface area contributed by atoms with Crippen LogP contribution < -0.4 is 10.1 Å². The fourth-order valence-electron chi connectivity index (χ4n) is 1.76. The van der Waals surface area contributed by atoms with Crippen molar-refractivity contribution in [2.45, 2.75) is 38.8 Å². The van der Waals surface area contributed by atoms with Crippen molar-refractivity contribution >= 4 is 0 Å². The molecule has 19 heavy (non-hydrogen) atoms. The van der Waals surface area contributed by atoms with Crippen molar-refractivity contribution in [3.8, 4) is 11.8 Å². The molecule has 0 spiro atoms. The highest BCUT2D eigenvalue weighted by Crippen LogP contribution is 2.11. The molecule has 0 aliphatic rings. The lowest BCUT2D eigenvalue weighted by Crippen LogP contribution is -2.37. The van der Waals surface area contributed by atoms with Gasteiger partial charge in [-0.2, -0.15) is 5.26 Å². The molecule has 1 aromatic carbocycles. The second-order valence-corrected chi connectivity index (χ2v) is 4.52. The maximum absolute atomic E-state index is 9.81. The smallest absolute Gasteiger partial charge is 0.119 e. The Bertz CT molecular complexity index is 394. The lowest BCUT2D eigenvalue weighted by molar-refractivity contribution is 0.103. The van der Waals surface area contributed by atoms with E-state index in [0.717, 1.165) is 12.8 Å². The van der Waals surface area contributed by atoms with E-state index in [1.54, 1.807) is 24.3 Å². The number of nitrogens with one attached hydrogen (secondary N) is 1. The van der Waals surface area contributed by atoms with E-state index in [0.29, 0.717) is 23.9 Å². The second-order valence-electron chi connectivity index (χ2n) is 4.52. The number of rotatable bonds is 8. The second kappa shape index (κ2) is 8.52. The molecule has 1 atom stereocenters. The summed E-state index contributed by atoms with van der Waals surface area (Å²) in [4.78, 5) is 0. The van der Waals surface area contributed by atoms with E-state index in [-0.39, 0.29) is 6.61 Å². The summed E-state index contributed by atoms with van der Waals surface area (Å²) >= 11 is 0. The van der Waals surface area contributed by atoms with Crippen molar-refractivity contribution in [2.75, 3.05) is 13.2 Å². The van der Waals surface area contributed by atoms with Gasteiger partial charge in [0.1, 0.15) is 18.5 Å². The molecule has 0 aliphatic heterocycles. The number of nitriles is 1. The van der Waals surface area contributed by atoms with Crippen LogP contribution in [0.25, 0.3) is 0 Å². The van der Waals surface area contributed by atoms with Crippen molar-refractivity contribution in [1.82, 2.24) is 5.32 Å². The Morgan fingerprint density at radius 3 is 2.42 bits per heavy atom. The molecular formula is C15H22N2O2. The van der Waals surface area contributed by atoms with Crippen LogP contribution in [0, 0.1) is 11.3 Å². The number of aliphatic hydroxyl groups excluding tert-OH is 1. The van der Waals surface area contributed by atoms with Gasteiger partial charge in [-0.25, -0.2) is 0 Å². The first-order chi connectivity index (χ1) is 9.19. The zero-order chi connectivity index (χ0) is 14.1. The Labute approximate surface area is 115 Å². The third-order valence-corrected chi connectivity index (χ3v) is 3.05. The van der Waals surface area contributed by atoms with Crippen LogP contribution in [-0.4, -0.2) is 30.4 Å². The predicted octanol–water partition coefficient (Wildman–Crippen LogP) is 2.08. The SMILES string of the molecule is CCC(CC)NCC(O)COc1ccc(C#N)cc1. The van der Waals surface area contributed by atoms with Crippen molar-refractivity contribution in [3.05, 3.63) is 29.8 Å². The Morgan fingerprint density at radius 2 is 1.89 bits per heavy atom. The normalized spacial score (nSPS) is 12.2. The fourth-order valence-corrected chi connectivity index (χ4v) is 1.76. The fraction of sp³-hybridized carbons (Fsp3) is 0.533. The molecule has 1 rings (SSSR count). The quantitative estimate of drug-likeness (QED) is 0.753. The zero-order valence-electron chi connectivity index (χ0n) is 11.6. The number of aliphatic hydroxyl groups is 1. The highest BCUT2D eigenvalue weighted by Gasteiger charge is 2.08. The number of benzene rings is 1. The summed E-state index contributed by atoms with van der Waals surface area (Å²) in [6.07, 6.45) is 1.58. The topological polar surface area (TPSA) is 65.3 Å². The van der Waals surface area contributed by atoms with Crippen LogP contribution in [0.2, 0.25) is 0 Å². The monoisotopic (exact) mass is 262 g/mol. The first kappa shape index (κ1) is 15.5. The Kier molecular flexibility index (Phi) is 6.94. The summed E-state index contributed by atoms with van der Waals surface area (Å²) in [5.74, 6) is 0.667. The van der Waals surface area contributed by atoms with Crippen LogP contribution in [0.4, 0.5) is 0 Å². The van der Waals surface area contributed by atoms with E-state index in [1.807, 2.05) is 6.07 Å². The predicted molar refractivity (Wildman–Crippen MR) is 75.0 cm³/mol. The summed E-state index contributed by atoms with van der Waals surface area (Å²) in [7, 11) is 0. The average Bonchev–Trinajstić information content (AvgIpc) is 2.46. The third kappa shape index (κ3) is 5.73. The van der Waals surface area contributed by atoms with Crippen molar-refractivity contribution < 1.29 is 9.84 Å². The van der Waals surface area contributed by atoms with Crippen LogP contribution in [0.15, 0.2) is 24.3 Å².